The first-order valence-corrected chi connectivity index (χ1v) is 14.5. The number of methoxy groups -OCH3 is 2. The van der Waals surface area contributed by atoms with E-state index in [0.717, 1.165) is 28.0 Å². The minimum atomic E-state index is -0.851. The van der Waals surface area contributed by atoms with Crippen molar-refractivity contribution in [3.63, 3.8) is 0 Å². The summed E-state index contributed by atoms with van der Waals surface area (Å²) in [5.74, 6) is 1.71. The lowest BCUT2D eigenvalue weighted by Gasteiger charge is -2.19. The van der Waals surface area contributed by atoms with E-state index in [9.17, 15) is 9.59 Å². The zero-order valence-corrected chi connectivity index (χ0v) is 26.3. The first kappa shape index (κ1) is 32.0. The van der Waals surface area contributed by atoms with E-state index in [2.05, 4.69) is 25.5 Å². The number of rotatable bonds is 12. The molecule has 9 nitrogen and oxygen atoms in total. The number of esters is 1. The van der Waals surface area contributed by atoms with E-state index >= 15 is 0 Å². The highest BCUT2D eigenvalue weighted by Crippen LogP contribution is 2.36. The average molecular weight is 598 g/mol. The largest absolute Gasteiger partial charge is 0.496 e. The average Bonchev–Trinajstić information content (AvgIpc) is 3.01. The number of allylic oxidation sites excluding steroid dienone is 1. The van der Waals surface area contributed by atoms with Crippen LogP contribution >= 0.6 is 0 Å². The molecular formula is C35H39N3O6. The summed E-state index contributed by atoms with van der Waals surface area (Å²) < 4.78 is 23.7. The third-order valence-corrected chi connectivity index (χ3v) is 7.16. The molecule has 1 atom stereocenters. The van der Waals surface area contributed by atoms with Crippen LogP contribution < -0.4 is 19.8 Å². The monoisotopic (exact) mass is 597 g/mol. The van der Waals surface area contributed by atoms with Crippen LogP contribution in [0.3, 0.4) is 0 Å². The van der Waals surface area contributed by atoms with Gasteiger partial charge in [0.15, 0.2) is 23.4 Å². The highest BCUT2D eigenvalue weighted by Gasteiger charge is 2.22. The molecule has 0 aliphatic heterocycles. The van der Waals surface area contributed by atoms with E-state index in [0.29, 0.717) is 46.8 Å². The van der Waals surface area contributed by atoms with Gasteiger partial charge in [0.05, 0.1) is 37.9 Å². The highest BCUT2D eigenvalue weighted by molar-refractivity contribution is 5.84. The Morgan fingerprint density at radius 2 is 1.84 bits per heavy atom. The fraction of sp³-hybridized carbons (Fsp3) is 0.314. The maximum Gasteiger partial charge on any atom is 0.346 e. The van der Waals surface area contributed by atoms with Crippen LogP contribution in [-0.4, -0.2) is 48.8 Å². The number of aromatic nitrogens is 2. The minimum absolute atomic E-state index is 0.177. The lowest BCUT2D eigenvalue weighted by atomic mass is 9.96. The molecule has 230 valence electrons. The Labute approximate surface area is 257 Å². The Morgan fingerprint density at radius 1 is 1.09 bits per heavy atom. The zero-order chi connectivity index (χ0) is 32.0. The van der Waals surface area contributed by atoms with Crippen LogP contribution in [0, 0.1) is 6.92 Å². The van der Waals surface area contributed by atoms with Gasteiger partial charge in [-0.1, -0.05) is 32.1 Å². The Morgan fingerprint density at radius 3 is 2.50 bits per heavy atom. The summed E-state index contributed by atoms with van der Waals surface area (Å²) in [5, 5.41) is 5.13. The third kappa shape index (κ3) is 6.67. The Hall–Kier alpha value is -4.92. The number of benzene rings is 3. The quantitative estimate of drug-likeness (QED) is 0.105. The maximum atomic E-state index is 13.9. The van der Waals surface area contributed by atoms with Gasteiger partial charge in [0, 0.05) is 11.1 Å². The Kier molecular flexibility index (Phi) is 10.2. The van der Waals surface area contributed by atoms with Gasteiger partial charge in [-0.2, -0.15) is 9.78 Å². The Bertz CT molecular complexity index is 1770. The summed E-state index contributed by atoms with van der Waals surface area (Å²) >= 11 is 0. The lowest BCUT2D eigenvalue weighted by molar-refractivity contribution is -0.147. The standard InChI is InChI=1S/C35H39N3O6/c1-9-13-25-17-24(18-31(43-10-2)32(25)44-23(6)35(40)42-8)20-36-38-33(37-29-15-12-11-14-26(29)34(38)39)28-19-27(21(3)4)30(41-7)16-22(28)5/h9,11-12,14-21,23H,1,10,13H2,2-8H3/t23-/m0/s1. The van der Waals surface area contributed by atoms with Gasteiger partial charge in [0.1, 0.15) is 5.75 Å². The van der Waals surface area contributed by atoms with Gasteiger partial charge in [-0.3, -0.25) is 4.79 Å². The molecule has 0 spiro atoms. The molecule has 4 rings (SSSR count). The molecule has 0 fully saturated rings. The second-order valence-electron chi connectivity index (χ2n) is 10.6. The summed E-state index contributed by atoms with van der Waals surface area (Å²) in [5.41, 5.74) is 4.34. The van der Waals surface area contributed by atoms with Crippen LogP contribution in [0.15, 0.2) is 71.1 Å². The molecular weight excluding hydrogens is 558 g/mol. The van der Waals surface area contributed by atoms with Crippen LogP contribution in [0.4, 0.5) is 0 Å². The van der Waals surface area contributed by atoms with Crippen molar-refractivity contribution in [1.82, 2.24) is 9.66 Å². The van der Waals surface area contributed by atoms with Crippen molar-refractivity contribution >= 4 is 23.1 Å². The fourth-order valence-corrected chi connectivity index (χ4v) is 4.95. The van der Waals surface area contributed by atoms with Crippen LogP contribution in [-0.2, 0) is 16.0 Å². The first-order chi connectivity index (χ1) is 21.1. The van der Waals surface area contributed by atoms with Gasteiger partial charge < -0.3 is 18.9 Å². The van der Waals surface area contributed by atoms with E-state index in [1.807, 2.05) is 44.2 Å². The maximum absolute atomic E-state index is 13.9. The molecule has 44 heavy (non-hydrogen) atoms. The number of fused-ring (bicyclic) bond motifs is 1. The molecule has 4 aromatic rings. The van der Waals surface area contributed by atoms with E-state index in [4.69, 9.17) is 23.9 Å². The molecule has 3 aromatic carbocycles. The van der Waals surface area contributed by atoms with Crippen LogP contribution in [0.25, 0.3) is 22.3 Å². The minimum Gasteiger partial charge on any atom is -0.496 e. The van der Waals surface area contributed by atoms with Crippen LogP contribution in [0.2, 0.25) is 0 Å². The van der Waals surface area contributed by atoms with Crippen molar-refractivity contribution in [2.75, 3.05) is 20.8 Å². The molecule has 0 saturated heterocycles. The molecule has 0 bridgehead atoms. The van der Waals surface area contributed by atoms with Crippen molar-refractivity contribution in [1.29, 1.82) is 0 Å². The second-order valence-corrected chi connectivity index (χ2v) is 10.6. The molecule has 9 heteroatoms. The Balaban J connectivity index is 1.92. The molecule has 0 radical (unpaired) electrons. The number of ether oxygens (including phenoxy) is 4. The zero-order valence-electron chi connectivity index (χ0n) is 26.3. The molecule has 0 unspecified atom stereocenters. The van der Waals surface area contributed by atoms with Gasteiger partial charge in [-0.05, 0) is 86.2 Å². The molecule has 0 saturated carbocycles. The highest BCUT2D eigenvalue weighted by atomic mass is 16.6. The van der Waals surface area contributed by atoms with E-state index in [1.165, 1.54) is 11.8 Å². The van der Waals surface area contributed by atoms with Gasteiger partial charge in [-0.15, -0.1) is 6.58 Å². The van der Waals surface area contributed by atoms with Crippen molar-refractivity contribution in [3.05, 3.63) is 93.8 Å². The number of hydrogen-bond donors (Lipinski definition) is 0. The SMILES string of the molecule is C=CCc1cc(C=Nn2c(-c3cc(C(C)C)c(OC)cc3C)nc3ccccc3c2=O)cc(OCC)c1O[C@@H](C)C(=O)OC. The lowest BCUT2D eigenvalue weighted by Crippen LogP contribution is -2.25. The van der Waals surface area contributed by atoms with Crippen molar-refractivity contribution < 1.29 is 23.7 Å². The summed E-state index contributed by atoms with van der Waals surface area (Å²) in [6.45, 7) is 13.8. The predicted octanol–water partition coefficient (Wildman–Crippen LogP) is 6.45. The number of carbonyl (C=O) groups is 1. The fourth-order valence-electron chi connectivity index (χ4n) is 4.95. The third-order valence-electron chi connectivity index (χ3n) is 7.16. The normalized spacial score (nSPS) is 12.0. The molecule has 0 aliphatic carbocycles. The predicted molar refractivity (Wildman–Crippen MR) is 173 cm³/mol. The number of carbonyl (C=O) groups excluding carboxylic acids is 1. The van der Waals surface area contributed by atoms with E-state index < -0.39 is 12.1 Å². The number of aryl methyl sites for hydroxylation is 1. The van der Waals surface area contributed by atoms with Crippen LogP contribution in [0.5, 0.6) is 17.2 Å². The van der Waals surface area contributed by atoms with Gasteiger partial charge in [0.25, 0.3) is 5.56 Å². The molecule has 1 heterocycles. The summed E-state index contributed by atoms with van der Waals surface area (Å²) in [6.07, 6.45) is 2.91. The first-order valence-electron chi connectivity index (χ1n) is 14.5. The second kappa shape index (κ2) is 14.0. The molecule has 0 aliphatic rings. The van der Waals surface area contributed by atoms with Crippen molar-refractivity contribution in [2.45, 2.75) is 53.1 Å². The molecule has 1 aromatic heterocycles. The van der Waals surface area contributed by atoms with Gasteiger partial charge >= 0.3 is 5.97 Å². The summed E-state index contributed by atoms with van der Waals surface area (Å²) in [6, 6.07) is 14.8. The summed E-state index contributed by atoms with van der Waals surface area (Å²) in [4.78, 5) is 30.9. The van der Waals surface area contributed by atoms with Crippen molar-refractivity contribution in [3.8, 4) is 28.6 Å². The number of para-hydroxylation sites is 1. The molecule has 0 amide bonds. The van der Waals surface area contributed by atoms with Crippen LogP contribution in [0.1, 0.15) is 55.9 Å². The van der Waals surface area contributed by atoms with E-state index in [1.54, 1.807) is 44.5 Å². The van der Waals surface area contributed by atoms with Crippen molar-refractivity contribution in [2.24, 2.45) is 5.10 Å². The van der Waals surface area contributed by atoms with Gasteiger partial charge in [0.2, 0.25) is 0 Å². The van der Waals surface area contributed by atoms with E-state index in [-0.39, 0.29) is 11.5 Å². The molecule has 0 N–H and O–H groups in total. The van der Waals surface area contributed by atoms with Gasteiger partial charge in [-0.25, -0.2) is 9.78 Å². The number of hydrogen-bond acceptors (Lipinski definition) is 8. The number of nitrogens with zero attached hydrogens (tertiary/aromatic N) is 3. The smallest absolute Gasteiger partial charge is 0.346 e. The topological polar surface area (TPSA) is 101 Å². The summed E-state index contributed by atoms with van der Waals surface area (Å²) in [7, 11) is 2.96.